The summed E-state index contributed by atoms with van der Waals surface area (Å²) in [5.41, 5.74) is 8.61. The molecule has 0 fully saturated rings. The molecule has 0 aliphatic rings. The van der Waals surface area contributed by atoms with Gasteiger partial charge >= 0.3 is 0 Å². The van der Waals surface area contributed by atoms with Gasteiger partial charge in [-0.15, -0.1) is 0 Å². The largest absolute Gasteiger partial charge is 0.369 e. The normalized spacial score (nSPS) is 11.0. The van der Waals surface area contributed by atoms with E-state index in [1.807, 2.05) is 16.7 Å². The molecule has 2 N–H and O–H groups in total. The minimum absolute atomic E-state index is 0.457. The number of rotatable bonds is 3. The maximum atomic E-state index is 5.92. The first kappa shape index (κ1) is 11.9. The summed E-state index contributed by atoms with van der Waals surface area (Å²) in [6.45, 7) is 0.723. The smallest absolute Gasteiger partial charge is 0.202 e. The maximum Gasteiger partial charge on any atom is 0.202 e. The van der Waals surface area contributed by atoms with Gasteiger partial charge in [0.05, 0.1) is 5.02 Å². The van der Waals surface area contributed by atoms with Gasteiger partial charge in [0.25, 0.3) is 0 Å². The zero-order valence-electron chi connectivity index (χ0n) is 10.1. The van der Waals surface area contributed by atoms with E-state index in [0.717, 1.165) is 24.1 Å². The highest BCUT2D eigenvalue weighted by Gasteiger charge is 2.09. The Hall–Kier alpha value is -2.14. The van der Waals surface area contributed by atoms with Gasteiger partial charge in [-0.05, 0) is 30.2 Å². The van der Waals surface area contributed by atoms with Crippen LogP contribution < -0.4 is 5.73 Å². The van der Waals surface area contributed by atoms with E-state index in [2.05, 4.69) is 15.0 Å². The standard InChI is InChI=1S/C13H12ClN5/c14-10-7-11-12(17-8-10)19(13(15)18-11)6-3-9-1-4-16-5-2-9/h1-2,4-5,7-8H,3,6H2,(H2,15,18). The Morgan fingerprint density at radius 2 is 2.05 bits per heavy atom. The molecule has 3 rings (SSSR count). The summed E-state index contributed by atoms with van der Waals surface area (Å²) in [4.78, 5) is 12.6. The van der Waals surface area contributed by atoms with Gasteiger partial charge in [-0.2, -0.15) is 0 Å². The van der Waals surface area contributed by atoms with Crippen LogP contribution in [0.1, 0.15) is 5.56 Å². The lowest BCUT2D eigenvalue weighted by Gasteiger charge is -2.05. The third-order valence-corrected chi connectivity index (χ3v) is 3.16. The molecule has 6 heteroatoms. The molecule has 0 amide bonds. The van der Waals surface area contributed by atoms with Crippen LogP contribution in [0.25, 0.3) is 11.2 Å². The van der Waals surface area contributed by atoms with E-state index in [9.17, 15) is 0 Å². The number of halogens is 1. The molecule has 0 spiro atoms. The van der Waals surface area contributed by atoms with Crippen molar-refractivity contribution in [3.05, 3.63) is 47.4 Å². The number of imidazole rings is 1. The highest BCUT2D eigenvalue weighted by atomic mass is 35.5. The van der Waals surface area contributed by atoms with Crippen molar-refractivity contribution < 1.29 is 0 Å². The van der Waals surface area contributed by atoms with Crippen LogP contribution in [0.2, 0.25) is 5.02 Å². The molecule has 0 aliphatic carbocycles. The summed E-state index contributed by atoms with van der Waals surface area (Å²) in [5.74, 6) is 0.457. The molecule has 0 bridgehead atoms. The number of aromatic nitrogens is 4. The number of anilines is 1. The second-order valence-corrected chi connectivity index (χ2v) is 4.66. The van der Waals surface area contributed by atoms with Gasteiger partial charge < -0.3 is 5.73 Å². The fourth-order valence-corrected chi connectivity index (χ4v) is 2.17. The predicted octanol–water partition coefficient (Wildman–Crippen LogP) is 2.30. The number of hydrogen-bond donors (Lipinski definition) is 1. The molecule has 0 unspecified atom stereocenters. The van der Waals surface area contributed by atoms with Crippen LogP contribution in [-0.4, -0.2) is 19.5 Å². The summed E-state index contributed by atoms with van der Waals surface area (Å²) in [6.07, 6.45) is 6.02. The number of hydrogen-bond acceptors (Lipinski definition) is 4. The molecule has 3 aromatic rings. The summed E-state index contributed by atoms with van der Waals surface area (Å²) in [7, 11) is 0. The number of nitrogen functional groups attached to an aromatic ring is 1. The minimum atomic E-state index is 0.457. The average molecular weight is 274 g/mol. The number of fused-ring (bicyclic) bond motifs is 1. The molecule has 19 heavy (non-hydrogen) atoms. The van der Waals surface area contributed by atoms with Gasteiger partial charge in [0.15, 0.2) is 5.65 Å². The third-order valence-electron chi connectivity index (χ3n) is 2.95. The van der Waals surface area contributed by atoms with Crippen LogP contribution in [0.15, 0.2) is 36.8 Å². The Kier molecular flexibility index (Phi) is 3.05. The first-order valence-electron chi connectivity index (χ1n) is 5.90. The van der Waals surface area contributed by atoms with Crippen molar-refractivity contribution in [2.75, 3.05) is 5.73 Å². The molecule has 5 nitrogen and oxygen atoms in total. The van der Waals surface area contributed by atoms with Crippen LogP contribution in [0, 0.1) is 0 Å². The Morgan fingerprint density at radius 1 is 1.26 bits per heavy atom. The van der Waals surface area contributed by atoms with E-state index < -0.39 is 0 Å². The first-order chi connectivity index (χ1) is 9.24. The Labute approximate surface area is 115 Å². The lowest BCUT2D eigenvalue weighted by atomic mass is 10.2. The minimum Gasteiger partial charge on any atom is -0.369 e. The molecule has 3 heterocycles. The second kappa shape index (κ2) is 4.85. The highest BCUT2D eigenvalue weighted by molar-refractivity contribution is 6.31. The van der Waals surface area contributed by atoms with Gasteiger partial charge in [0, 0.05) is 25.1 Å². The number of pyridine rings is 2. The lowest BCUT2D eigenvalue weighted by Crippen LogP contribution is -2.06. The van der Waals surface area contributed by atoms with Gasteiger partial charge in [0.1, 0.15) is 5.52 Å². The molecule has 0 saturated heterocycles. The summed E-state index contributed by atoms with van der Waals surface area (Å²) < 4.78 is 1.89. The fourth-order valence-electron chi connectivity index (χ4n) is 2.01. The molecular formula is C13H12ClN5. The molecule has 0 atom stereocenters. The van der Waals surface area contributed by atoms with Crippen LogP contribution in [0.3, 0.4) is 0 Å². The van der Waals surface area contributed by atoms with E-state index in [4.69, 9.17) is 17.3 Å². The van der Waals surface area contributed by atoms with Crippen LogP contribution in [-0.2, 0) is 13.0 Å². The summed E-state index contributed by atoms with van der Waals surface area (Å²) in [5, 5.41) is 0.561. The zero-order chi connectivity index (χ0) is 13.2. The molecule has 3 aromatic heterocycles. The van der Waals surface area contributed by atoms with Crippen molar-refractivity contribution in [2.24, 2.45) is 0 Å². The summed E-state index contributed by atoms with van der Waals surface area (Å²) >= 11 is 5.89. The topological polar surface area (TPSA) is 69.6 Å². The van der Waals surface area contributed by atoms with Crippen LogP contribution in [0.4, 0.5) is 5.95 Å². The Balaban J connectivity index is 1.90. The van der Waals surface area contributed by atoms with E-state index in [-0.39, 0.29) is 0 Å². The first-order valence-corrected chi connectivity index (χ1v) is 6.28. The van der Waals surface area contributed by atoms with E-state index in [1.54, 1.807) is 24.7 Å². The van der Waals surface area contributed by atoms with Crippen molar-refractivity contribution in [1.29, 1.82) is 0 Å². The molecule has 0 saturated carbocycles. The van der Waals surface area contributed by atoms with E-state index in [1.165, 1.54) is 5.56 Å². The van der Waals surface area contributed by atoms with Gasteiger partial charge in [0.2, 0.25) is 5.95 Å². The van der Waals surface area contributed by atoms with Crippen LogP contribution >= 0.6 is 11.6 Å². The third kappa shape index (κ3) is 2.37. The monoisotopic (exact) mass is 273 g/mol. The second-order valence-electron chi connectivity index (χ2n) is 4.22. The van der Waals surface area contributed by atoms with E-state index >= 15 is 0 Å². The van der Waals surface area contributed by atoms with Crippen LogP contribution in [0.5, 0.6) is 0 Å². The molecule has 0 aliphatic heterocycles. The Bertz CT molecular complexity index is 708. The number of nitrogens with two attached hydrogens (primary N) is 1. The average Bonchev–Trinajstić information content (AvgIpc) is 2.72. The molecule has 0 radical (unpaired) electrons. The Morgan fingerprint density at radius 3 is 2.84 bits per heavy atom. The zero-order valence-corrected chi connectivity index (χ0v) is 10.9. The van der Waals surface area contributed by atoms with E-state index in [0.29, 0.717) is 11.0 Å². The summed E-state index contributed by atoms with van der Waals surface area (Å²) in [6, 6.07) is 5.74. The molecule has 96 valence electrons. The highest BCUT2D eigenvalue weighted by Crippen LogP contribution is 2.19. The van der Waals surface area contributed by atoms with Crippen molar-refractivity contribution >= 4 is 28.7 Å². The van der Waals surface area contributed by atoms with Gasteiger partial charge in [-0.1, -0.05) is 11.6 Å². The van der Waals surface area contributed by atoms with Crippen molar-refractivity contribution in [3.63, 3.8) is 0 Å². The predicted molar refractivity (Wildman–Crippen MR) is 74.9 cm³/mol. The SMILES string of the molecule is Nc1nc2cc(Cl)cnc2n1CCc1ccncc1. The number of nitrogens with zero attached hydrogens (tertiary/aromatic N) is 4. The van der Waals surface area contributed by atoms with Crippen molar-refractivity contribution in [3.8, 4) is 0 Å². The quantitative estimate of drug-likeness (QED) is 0.795. The lowest BCUT2D eigenvalue weighted by molar-refractivity contribution is 0.719. The number of aryl methyl sites for hydroxylation is 2. The van der Waals surface area contributed by atoms with Crippen molar-refractivity contribution in [1.82, 2.24) is 19.5 Å². The van der Waals surface area contributed by atoms with Gasteiger partial charge in [-0.25, -0.2) is 9.97 Å². The van der Waals surface area contributed by atoms with Crippen molar-refractivity contribution in [2.45, 2.75) is 13.0 Å². The van der Waals surface area contributed by atoms with Gasteiger partial charge in [-0.3, -0.25) is 9.55 Å². The fraction of sp³-hybridized carbons (Fsp3) is 0.154. The molecule has 0 aromatic carbocycles. The maximum absolute atomic E-state index is 5.92. The molecular weight excluding hydrogens is 262 g/mol.